The second kappa shape index (κ2) is 18.0. The van der Waals surface area contributed by atoms with Crippen molar-refractivity contribution in [1.82, 2.24) is 0 Å². The maximum Gasteiger partial charge on any atom is 0.339 e. The number of allylic oxidation sites excluding steroid dienone is 2. The van der Waals surface area contributed by atoms with Gasteiger partial charge in [-0.15, -0.1) is 0 Å². The lowest BCUT2D eigenvalue weighted by atomic mass is 9.85. The Labute approximate surface area is 304 Å². The highest BCUT2D eigenvalue weighted by Gasteiger charge is 2.28. The SMILES string of the molecule is C/C=C/C(=O)OCCOC(=O)c1cccc(Sc2cccc3c2C(=O)c2cccc(Sc4ccccc4C(=O)OCCOC(=O)/C=C/C)c2C3)c1. The molecule has 0 N–H and O–H groups in total. The quantitative estimate of drug-likeness (QED) is 0.0486. The van der Waals surface area contributed by atoms with E-state index in [0.717, 1.165) is 25.8 Å². The summed E-state index contributed by atoms with van der Waals surface area (Å²) in [6, 6.07) is 25.3. The Morgan fingerprint density at radius 3 is 1.98 bits per heavy atom. The third-order valence-corrected chi connectivity index (χ3v) is 9.66. The number of fused-ring (bicyclic) bond motifs is 2. The van der Waals surface area contributed by atoms with E-state index >= 15 is 0 Å². The molecule has 4 aromatic carbocycles. The zero-order valence-electron chi connectivity index (χ0n) is 27.9. The number of rotatable bonds is 14. The van der Waals surface area contributed by atoms with Gasteiger partial charge in [0.15, 0.2) is 5.78 Å². The normalized spacial score (nSPS) is 11.9. The molecule has 0 radical (unpaired) electrons. The molecule has 5 rings (SSSR count). The van der Waals surface area contributed by atoms with Crippen LogP contribution in [0.4, 0.5) is 0 Å². The van der Waals surface area contributed by atoms with E-state index in [4.69, 9.17) is 18.9 Å². The third-order valence-electron chi connectivity index (χ3n) is 7.44. The van der Waals surface area contributed by atoms with Crippen LogP contribution in [0.1, 0.15) is 61.6 Å². The number of hydrogen-bond acceptors (Lipinski definition) is 11. The van der Waals surface area contributed by atoms with E-state index in [2.05, 4.69) is 0 Å². The smallest absolute Gasteiger partial charge is 0.339 e. The van der Waals surface area contributed by atoms with Crippen LogP contribution in [0.5, 0.6) is 0 Å². The molecule has 0 heterocycles. The van der Waals surface area contributed by atoms with Gasteiger partial charge in [0, 0.05) is 49.3 Å². The van der Waals surface area contributed by atoms with Crippen LogP contribution < -0.4 is 0 Å². The average molecular weight is 723 g/mol. The summed E-state index contributed by atoms with van der Waals surface area (Å²) in [5.74, 6) is -2.22. The van der Waals surface area contributed by atoms with Crippen molar-refractivity contribution < 1.29 is 42.9 Å². The summed E-state index contributed by atoms with van der Waals surface area (Å²) in [5.41, 5.74) is 3.61. The van der Waals surface area contributed by atoms with Crippen LogP contribution in [-0.4, -0.2) is 56.1 Å². The molecule has 0 atom stereocenters. The first-order valence-corrected chi connectivity index (χ1v) is 17.7. The highest BCUT2D eigenvalue weighted by Crippen LogP contribution is 2.42. The summed E-state index contributed by atoms with van der Waals surface area (Å²) in [6.07, 6.45) is 6.20. The lowest BCUT2D eigenvalue weighted by molar-refractivity contribution is -0.139. The molecule has 9 nitrogen and oxygen atoms in total. The van der Waals surface area contributed by atoms with Gasteiger partial charge >= 0.3 is 23.9 Å². The number of ketones is 1. The van der Waals surface area contributed by atoms with Crippen molar-refractivity contribution in [1.29, 1.82) is 0 Å². The zero-order chi connectivity index (χ0) is 36.2. The molecular formula is C40H34O9S2. The lowest BCUT2D eigenvalue weighted by Gasteiger charge is -2.23. The Kier molecular flexibility index (Phi) is 13.0. The van der Waals surface area contributed by atoms with Crippen molar-refractivity contribution in [3.63, 3.8) is 0 Å². The van der Waals surface area contributed by atoms with Crippen molar-refractivity contribution in [2.24, 2.45) is 0 Å². The molecule has 0 aromatic heterocycles. The van der Waals surface area contributed by atoms with E-state index in [0.29, 0.717) is 33.6 Å². The summed E-state index contributed by atoms with van der Waals surface area (Å²) in [7, 11) is 0. The molecule has 0 amide bonds. The van der Waals surface area contributed by atoms with Gasteiger partial charge in [-0.05, 0) is 67.4 Å². The average Bonchev–Trinajstić information content (AvgIpc) is 3.13. The van der Waals surface area contributed by atoms with Crippen molar-refractivity contribution >= 4 is 53.2 Å². The molecule has 1 aliphatic rings. The van der Waals surface area contributed by atoms with Crippen LogP contribution in [0.3, 0.4) is 0 Å². The minimum atomic E-state index is -0.551. The van der Waals surface area contributed by atoms with Gasteiger partial charge in [-0.3, -0.25) is 4.79 Å². The first-order valence-electron chi connectivity index (χ1n) is 16.1. The number of hydrogen-bond donors (Lipinski definition) is 0. The van der Waals surface area contributed by atoms with E-state index in [1.165, 1.54) is 35.7 Å². The maximum atomic E-state index is 14.1. The van der Waals surface area contributed by atoms with Gasteiger partial charge in [0.25, 0.3) is 0 Å². The fraction of sp³-hybridized carbons (Fsp3) is 0.175. The lowest BCUT2D eigenvalue weighted by Crippen LogP contribution is -2.17. The van der Waals surface area contributed by atoms with Gasteiger partial charge in [-0.25, -0.2) is 19.2 Å². The number of carbonyl (C=O) groups is 5. The molecule has 1 aliphatic carbocycles. The highest BCUT2D eigenvalue weighted by molar-refractivity contribution is 7.99. The molecule has 260 valence electrons. The van der Waals surface area contributed by atoms with Gasteiger partial charge < -0.3 is 18.9 Å². The summed E-state index contributed by atoms with van der Waals surface area (Å²) in [4.78, 5) is 65.8. The Balaban J connectivity index is 1.29. The fourth-order valence-corrected chi connectivity index (χ4v) is 7.34. The molecular weight excluding hydrogens is 689 g/mol. The van der Waals surface area contributed by atoms with Gasteiger partial charge in [-0.1, -0.05) is 78.1 Å². The molecule has 11 heteroatoms. The van der Waals surface area contributed by atoms with Gasteiger partial charge in [0.2, 0.25) is 0 Å². The van der Waals surface area contributed by atoms with Crippen LogP contribution in [0, 0.1) is 0 Å². The van der Waals surface area contributed by atoms with E-state index in [9.17, 15) is 24.0 Å². The van der Waals surface area contributed by atoms with Crippen molar-refractivity contribution in [2.45, 2.75) is 39.9 Å². The van der Waals surface area contributed by atoms with E-state index in [1.807, 2.05) is 54.6 Å². The molecule has 0 saturated carbocycles. The summed E-state index contributed by atoms with van der Waals surface area (Å²) >= 11 is 2.76. The molecule has 0 unspecified atom stereocenters. The van der Waals surface area contributed by atoms with Crippen molar-refractivity contribution in [3.05, 3.63) is 143 Å². The van der Waals surface area contributed by atoms with Crippen molar-refractivity contribution in [3.8, 4) is 0 Å². The Hall–Kier alpha value is -5.39. The van der Waals surface area contributed by atoms with Gasteiger partial charge in [0.05, 0.1) is 11.1 Å². The summed E-state index contributed by atoms with van der Waals surface area (Å²) in [6.45, 7) is 3.12. The number of esters is 4. The Morgan fingerprint density at radius 1 is 0.647 bits per heavy atom. The molecule has 0 fully saturated rings. The van der Waals surface area contributed by atoms with E-state index < -0.39 is 23.9 Å². The first-order chi connectivity index (χ1) is 24.8. The van der Waals surface area contributed by atoms with Crippen molar-refractivity contribution in [2.75, 3.05) is 26.4 Å². The minimum Gasteiger partial charge on any atom is -0.459 e. The molecule has 0 aliphatic heterocycles. The van der Waals surface area contributed by atoms with Crippen LogP contribution in [0.2, 0.25) is 0 Å². The standard InChI is InChI=1S/C40H34O9S2/c1-3-10-35(41)46-20-22-48-39(44)27-13-7-14-28(24-27)50-34-19-8-12-26-25-31-29(38(43)37(26)34)16-9-18-33(31)51-32-17-6-5-15-30(32)40(45)49-23-21-47-36(42)11-4-2/h3-19,24H,20-23,25H2,1-2H3/b10-3+,11-4+. The molecule has 4 aromatic rings. The molecule has 0 saturated heterocycles. The monoisotopic (exact) mass is 722 g/mol. The second-order valence-electron chi connectivity index (χ2n) is 10.9. The Bertz CT molecular complexity index is 2010. The highest BCUT2D eigenvalue weighted by atomic mass is 32.2. The maximum absolute atomic E-state index is 14.1. The number of benzene rings is 4. The predicted molar refractivity (Wildman–Crippen MR) is 192 cm³/mol. The Morgan fingerprint density at radius 2 is 1.25 bits per heavy atom. The number of carbonyl (C=O) groups excluding carboxylic acids is 5. The topological polar surface area (TPSA) is 122 Å². The molecule has 51 heavy (non-hydrogen) atoms. The largest absolute Gasteiger partial charge is 0.459 e. The summed E-state index contributed by atoms with van der Waals surface area (Å²) in [5, 5.41) is 0. The minimum absolute atomic E-state index is 0.0557. The van der Waals surface area contributed by atoms with Crippen LogP contribution in [0.25, 0.3) is 0 Å². The molecule has 0 spiro atoms. The predicted octanol–water partition coefficient (Wildman–Crippen LogP) is 7.68. The van der Waals surface area contributed by atoms with Crippen LogP contribution >= 0.6 is 23.5 Å². The molecule has 0 bridgehead atoms. The van der Waals surface area contributed by atoms with Crippen LogP contribution in [-0.2, 0) is 35.0 Å². The zero-order valence-corrected chi connectivity index (χ0v) is 29.6. The van der Waals surface area contributed by atoms with E-state index in [-0.39, 0.29) is 32.2 Å². The fourth-order valence-electron chi connectivity index (χ4n) is 5.19. The second-order valence-corrected chi connectivity index (χ2v) is 13.1. The van der Waals surface area contributed by atoms with Gasteiger partial charge in [0.1, 0.15) is 26.4 Å². The van der Waals surface area contributed by atoms with Crippen LogP contribution in [0.15, 0.2) is 129 Å². The number of ether oxygens (including phenoxy) is 4. The van der Waals surface area contributed by atoms with E-state index in [1.54, 1.807) is 56.3 Å². The van der Waals surface area contributed by atoms with Gasteiger partial charge in [-0.2, -0.15) is 0 Å². The first kappa shape index (κ1) is 36.9. The summed E-state index contributed by atoms with van der Waals surface area (Å²) < 4.78 is 20.6. The third kappa shape index (κ3) is 9.65.